The summed E-state index contributed by atoms with van der Waals surface area (Å²) in [6, 6.07) is 11.7. The van der Waals surface area contributed by atoms with Gasteiger partial charge in [-0.1, -0.05) is 18.2 Å². The van der Waals surface area contributed by atoms with Crippen LogP contribution in [-0.2, 0) is 24.5 Å². The monoisotopic (exact) mass is 258 g/mol. The maximum absolute atomic E-state index is 5.70. The Morgan fingerprint density at radius 2 is 2.00 bits per heavy atom. The summed E-state index contributed by atoms with van der Waals surface area (Å²) >= 11 is 0. The summed E-state index contributed by atoms with van der Waals surface area (Å²) in [5, 5.41) is 0. The van der Waals surface area contributed by atoms with Crippen molar-refractivity contribution in [2.24, 2.45) is 5.73 Å². The maximum Gasteiger partial charge on any atom is 0.130 e. The van der Waals surface area contributed by atoms with E-state index in [0.29, 0.717) is 19.8 Å². The SMILES string of the molecule is COCc1cccc(OCc2ccc(CN)cn2)c1. The van der Waals surface area contributed by atoms with Crippen molar-refractivity contribution < 1.29 is 9.47 Å². The fraction of sp³-hybridized carbons (Fsp3) is 0.267. The second kappa shape index (κ2) is 6.87. The lowest BCUT2D eigenvalue weighted by Gasteiger charge is -2.08. The van der Waals surface area contributed by atoms with E-state index in [0.717, 1.165) is 22.6 Å². The molecule has 0 atom stereocenters. The largest absolute Gasteiger partial charge is 0.487 e. The third-order valence-corrected chi connectivity index (χ3v) is 2.72. The Morgan fingerprint density at radius 1 is 1.11 bits per heavy atom. The number of hydrogen-bond acceptors (Lipinski definition) is 4. The normalized spacial score (nSPS) is 10.4. The summed E-state index contributed by atoms with van der Waals surface area (Å²) in [5.41, 5.74) is 8.52. The van der Waals surface area contributed by atoms with Gasteiger partial charge in [-0.2, -0.15) is 0 Å². The van der Waals surface area contributed by atoms with Crippen molar-refractivity contribution in [3.8, 4) is 5.75 Å². The Balaban J connectivity index is 1.95. The van der Waals surface area contributed by atoms with Gasteiger partial charge in [0.1, 0.15) is 12.4 Å². The summed E-state index contributed by atoms with van der Waals surface area (Å²) in [7, 11) is 1.68. The van der Waals surface area contributed by atoms with Crippen molar-refractivity contribution in [1.29, 1.82) is 0 Å². The van der Waals surface area contributed by atoms with Crippen LogP contribution in [0, 0.1) is 0 Å². The van der Waals surface area contributed by atoms with Crippen molar-refractivity contribution in [1.82, 2.24) is 4.98 Å². The lowest BCUT2D eigenvalue weighted by Crippen LogP contribution is -2.01. The first kappa shape index (κ1) is 13.5. The molecule has 0 saturated carbocycles. The van der Waals surface area contributed by atoms with Crippen LogP contribution in [0.15, 0.2) is 42.6 Å². The van der Waals surface area contributed by atoms with Gasteiger partial charge < -0.3 is 15.2 Å². The van der Waals surface area contributed by atoms with Crippen LogP contribution >= 0.6 is 0 Å². The van der Waals surface area contributed by atoms with Crippen molar-refractivity contribution >= 4 is 0 Å². The minimum absolute atomic E-state index is 0.446. The van der Waals surface area contributed by atoms with Crippen molar-refractivity contribution in [3.63, 3.8) is 0 Å². The lowest BCUT2D eigenvalue weighted by atomic mass is 10.2. The van der Waals surface area contributed by atoms with Crippen LogP contribution in [0.3, 0.4) is 0 Å². The van der Waals surface area contributed by atoms with Gasteiger partial charge in [-0.15, -0.1) is 0 Å². The molecule has 0 amide bonds. The van der Waals surface area contributed by atoms with Crippen LogP contribution in [0.4, 0.5) is 0 Å². The van der Waals surface area contributed by atoms with Crippen LogP contribution in [0.25, 0.3) is 0 Å². The number of hydrogen-bond donors (Lipinski definition) is 1. The summed E-state index contributed by atoms with van der Waals surface area (Å²) in [4.78, 5) is 4.29. The fourth-order valence-corrected chi connectivity index (χ4v) is 1.71. The van der Waals surface area contributed by atoms with Crippen LogP contribution in [0.5, 0.6) is 5.75 Å². The minimum atomic E-state index is 0.446. The van der Waals surface area contributed by atoms with Gasteiger partial charge >= 0.3 is 0 Å². The van der Waals surface area contributed by atoms with Gasteiger partial charge in [0, 0.05) is 19.9 Å². The zero-order valence-corrected chi connectivity index (χ0v) is 11.0. The third kappa shape index (κ3) is 4.05. The smallest absolute Gasteiger partial charge is 0.130 e. The highest BCUT2D eigenvalue weighted by atomic mass is 16.5. The van der Waals surface area contributed by atoms with E-state index in [1.807, 2.05) is 36.4 Å². The van der Waals surface area contributed by atoms with Crippen molar-refractivity contribution in [3.05, 3.63) is 59.4 Å². The first-order chi connectivity index (χ1) is 9.31. The molecule has 100 valence electrons. The van der Waals surface area contributed by atoms with Gasteiger partial charge in [0.05, 0.1) is 12.3 Å². The predicted molar refractivity (Wildman–Crippen MR) is 73.6 cm³/mol. The van der Waals surface area contributed by atoms with Crippen molar-refractivity contribution in [2.75, 3.05) is 7.11 Å². The Labute approximate surface area is 113 Å². The zero-order chi connectivity index (χ0) is 13.5. The summed E-state index contributed by atoms with van der Waals surface area (Å²) in [6.07, 6.45) is 1.78. The Bertz CT molecular complexity index is 512. The molecule has 0 spiro atoms. The molecule has 1 aromatic carbocycles. The number of nitrogens with zero attached hydrogens (tertiary/aromatic N) is 1. The Kier molecular flexibility index (Phi) is 4.89. The van der Waals surface area contributed by atoms with Gasteiger partial charge in [-0.3, -0.25) is 4.98 Å². The van der Waals surface area contributed by atoms with Crippen LogP contribution in [-0.4, -0.2) is 12.1 Å². The molecule has 4 nitrogen and oxygen atoms in total. The molecular formula is C15H18N2O2. The number of pyridine rings is 1. The summed E-state index contributed by atoms with van der Waals surface area (Å²) < 4.78 is 10.8. The number of nitrogens with two attached hydrogens (primary N) is 1. The maximum atomic E-state index is 5.70. The first-order valence-corrected chi connectivity index (χ1v) is 6.16. The highest BCUT2D eigenvalue weighted by Gasteiger charge is 1.99. The first-order valence-electron chi connectivity index (χ1n) is 6.16. The molecule has 4 heteroatoms. The third-order valence-electron chi connectivity index (χ3n) is 2.72. The molecule has 0 radical (unpaired) electrons. The average Bonchev–Trinajstić information content (AvgIpc) is 2.46. The van der Waals surface area contributed by atoms with E-state index in [9.17, 15) is 0 Å². The van der Waals surface area contributed by atoms with Crippen LogP contribution in [0.1, 0.15) is 16.8 Å². The Morgan fingerprint density at radius 3 is 2.68 bits per heavy atom. The molecule has 0 bridgehead atoms. The van der Waals surface area contributed by atoms with Gasteiger partial charge in [0.15, 0.2) is 0 Å². The van der Waals surface area contributed by atoms with Gasteiger partial charge in [0.25, 0.3) is 0 Å². The van der Waals surface area contributed by atoms with E-state index in [1.54, 1.807) is 13.3 Å². The summed E-state index contributed by atoms with van der Waals surface area (Å²) in [6.45, 7) is 1.54. The molecule has 2 rings (SSSR count). The molecule has 2 N–H and O–H groups in total. The molecule has 1 aromatic heterocycles. The second-order valence-corrected chi connectivity index (χ2v) is 4.23. The van der Waals surface area contributed by atoms with Gasteiger partial charge in [-0.25, -0.2) is 0 Å². The quantitative estimate of drug-likeness (QED) is 0.863. The van der Waals surface area contributed by atoms with E-state index in [2.05, 4.69) is 4.98 Å². The summed E-state index contributed by atoms with van der Waals surface area (Å²) in [5.74, 6) is 0.819. The van der Waals surface area contributed by atoms with E-state index in [-0.39, 0.29) is 0 Å². The minimum Gasteiger partial charge on any atom is -0.487 e. The van der Waals surface area contributed by atoms with E-state index in [1.165, 1.54) is 0 Å². The molecule has 0 aliphatic carbocycles. The van der Waals surface area contributed by atoms with E-state index < -0.39 is 0 Å². The molecule has 0 saturated heterocycles. The molecule has 2 aromatic rings. The zero-order valence-electron chi connectivity index (χ0n) is 11.0. The van der Waals surface area contributed by atoms with Crippen LogP contribution in [0.2, 0.25) is 0 Å². The molecule has 0 unspecified atom stereocenters. The number of aromatic nitrogens is 1. The molecule has 0 fully saturated rings. The molecule has 1 heterocycles. The molecular weight excluding hydrogens is 240 g/mol. The number of methoxy groups -OCH3 is 1. The van der Waals surface area contributed by atoms with E-state index in [4.69, 9.17) is 15.2 Å². The topological polar surface area (TPSA) is 57.4 Å². The fourth-order valence-electron chi connectivity index (χ4n) is 1.71. The number of ether oxygens (including phenoxy) is 2. The highest BCUT2D eigenvalue weighted by Crippen LogP contribution is 2.15. The highest BCUT2D eigenvalue weighted by molar-refractivity contribution is 5.28. The second-order valence-electron chi connectivity index (χ2n) is 4.23. The van der Waals surface area contributed by atoms with Crippen molar-refractivity contribution in [2.45, 2.75) is 19.8 Å². The number of benzene rings is 1. The van der Waals surface area contributed by atoms with Gasteiger partial charge in [-0.05, 0) is 29.3 Å². The average molecular weight is 258 g/mol. The standard InChI is InChI=1S/C15H18N2O2/c1-18-10-12-3-2-4-15(7-12)19-11-14-6-5-13(8-16)9-17-14/h2-7,9H,8,10-11,16H2,1H3. The van der Waals surface area contributed by atoms with E-state index >= 15 is 0 Å². The molecule has 19 heavy (non-hydrogen) atoms. The Hall–Kier alpha value is -1.91. The number of rotatable bonds is 6. The predicted octanol–water partition coefficient (Wildman–Crippen LogP) is 2.27. The van der Waals surface area contributed by atoms with Gasteiger partial charge in [0.2, 0.25) is 0 Å². The molecule has 0 aliphatic rings. The van der Waals surface area contributed by atoms with Crippen LogP contribution < -0.4 is 10.5 Å². The molecule has 0 aliphatic heterocycles. The lowest BCUT2D eigenvalue weighted by molar-refractivity contribution is 0.184.